The van der Waals surface area contributed by atoms with Crippen LogP contribution in [0.4, 0.5) is 0 Å². The predicted octanol–water partition coefficient (Wildman–Crippen LogP) is 3.37. The Labute approximate surface area is 124 Å². The van der Waals surface area contributed by atoms with E-state index in [1.54, 1.807) is 0 Å². The van der Waals surface area contributed by atoms with Crippen LogP contribution >= 0.6 is 11.8 Å². The smallest absolute Gasteiger partial charge is 0.0175 e. The van der Waals surface area contributed by atoms with Gasteiger partial charge in [0.1, 0.15) is 0 Å². The maximum Gasteiger partial charge on any atom is 0.0175 e. The number of thioether (sulfide) groups is 1. The van der Waals surface area contributed by atoms with Crippen molar-refractivity contribution in [1.82, 2.24) is 10.2 Å². The number of piperidine rings is 1. The van der Waals surface area contributed by atoms with Gasteiger partial charge < -0.3 is 5.32 Å². The average molecular weight is 285 g/mol. The van der Waals surface area contributed by atoms with Crippen molar-refractivity contribution in [2.45, 2.75) is 70.2 Å². The lowest BCUT2D eigenvalue weighted by Crippen LogP contribution is -2.54. The van der Waals surface area contributed by atoms with Gasteiger partial charge in [-0.05, 0) is 57.4 Å². The number of nitrogens with zero attached hydrogens (tertiary/aromatic N) is 1. The Bertz CT molecular complexity index is 253. The highest BCUT2D eigenvalue weighted by atomic mass is 32.2. The van der Waals surface area contributed by atoms with Gasteiger partial charge in [0.2, 0.25) is 0 Å². The Kier molecular flexibility index (Phi) is 6.51. The normalized spacial score (nSPS) is 37.4. The van der Waals surface area contributed by atoms with Gasteiger partial charge in [-0.2, -0.15) is 11.8 Å². The Morgan fingerprint density at radius 1 is 1.21 bits per heavy atom. The van der Waals surface area contributed by atoms with Crippen LogP contribution in [-0.4, -0.2) is 47.6 Å². The SMILES string of the molecule is CCCNC1CCN(CC2CCCCS2)C(C)C1C. The Hall–Kier alpha value is 0.270. The topological polar surface area (TPSA) is 15.3 Å². The highest BCUT2D eigenvalue weighted by Gasteiger charge is 2.33. The molecule has 0 bridgehead atoms. The van der Waals surface area contributed by atoms with E-state index in [0.717, 1.165) is 23.3 Å². The van der Waals surface area contributed by atoms with Gasteiger partial charge in [-0.3, -0.25) is 4.90 Å². The quantitative estimate of drug-likeness (QED) is 0.833. The Morgan fingerprint density at radius 2 is 2.05 bits per heavy atom. The molecule has 2 fully saturated rings. The summed E-state index contributed by atoms with van der Waals surface area (Å²) in [6, 6.07) is 1.48. The summed E-state index contributed by atoms with van der Waals surface area (Å²) in [5, 5.41) is 4.65. The molecule has 2 rings (SSSR count). The zero-order valence-electron chi connectivity index (χ0n) is 13.0. The van der Waals surface area contributed by atoms with Crippen LogP contribution in [0.2, 0.25) is 0 Å². The molecular formula is C16H32N2S. The molecule has 2 aliphatic heterocycles. The second-order valence-electron chi connectivity index (χ2n) is 6.43. The molecule has 0 radical (unpaired) electrons. The van der Waals surface area contributed by atoms with E-state index in [1.807, 2.05) is 0 Å². The van der Waals surface area contributed by atoms with E-state index >= 15 is 0 Å². The summed E-state index contributed by atoms with van der Waals surface area (Å²) in [6.45, 7) is 11.0. The minimum Gasteiger partial charge on any atom is -0.314 e. The molecule has 0 amide bonds. The van der Waals surface area contributed by atoms with Crippen LogP contribution in [0.1, 0.15) is 52.9 Å². The molecule has 1 N–H and O–H groups in total. The molecule has 0 aromatic heterocycles. The van der Waals surface area contributed by atoms with Crippen molar-refractivity contribution in [3.05, 3.63) is 0 Å². The van der Waals surface area contributed by atoms with Crippen molar-refractivity contribution in [1.29, 1.82) is 0 Å². The van der Waals surface area contributed by atoms with Crippen LogP contribution in [0.15, 0.2) is 0 Å². The number of nitrogens with one attached hydrogen (secondary N) is 1. The lowest BCUT2D eigenvalue weighted by Gasteiger charge is -2.44. The summed E-state index contributed by atoms with van der Waals surface area (Å²) in [4.78, 5) is 2.76. The first-order chi connectivity index (χ1) is 9.22. The van der Waals surface area contributed by atoms with E-state index in [2.05, 4.69) is 42.7 Å². The summed E-state index contributed by atoms with van der Waals surface area (Å²) < 4.78 is 0. The van der Waals surface area contributed by atoms with Gasteiger partial charge in [0.05, 0.1) is 0 Å². The lowest BCUT2D eigenvalue weighted by atomic mass is 9.86. The van der Waals surface area contributed by atoms with Crippen molar-refractivity contribution >= 4 is 11.8 Å². The molecule has 4 atom stereocenters. The number of likely N-dealkylation sites (tertiary alicyclic amines) is 1. The fourth-order valence-electron chi connectivity index (χ4n) is 3.53. The Balaban J connectivity index is 1.80. The van der Waals surface area contributed by atoms with E-state index < -0.39 is 0 Å². The molecule has 0 aromatic rings. The summed E-state index contributed by atoms with van der Waals surface area (Å²) >= 11 is 2.22. The third-order valence-electron chi connectivity index (χ3n) is 5.07. The molecule has 2 heterocycles. The second-order valence-corrected chi connectivity index (χ2v) is 7.84. The molecule has 0 aliphatic carbocycles. The fourth-order valence-corrected chi connectivity index (χ4v) is 4.86. The zero-order chi connectivity index (χ0) is 13.7. The standard InChI is InChI=1S/C16H32N2S/c1-4-9-17-16-8-10-18(14(3)13(16)2)12-15-7-5-6-11-19-15/h13-17H,4-12H2,1-3H3. The zero-order valence-corrected chi connectivity index (χ0v) is 13.8. The van der Waals surface area contributed by atoms with Gasteiger partial charge in [-0.1, -0.05) is 20.3 Å². The first-order valence-electron chi connectivity index (χ1n) is 8.31. The van der Waals surface area contributed by atoms with Gasteiger partial charge in [-0.25, -0.2) is 0 Å². The van der Waals surface area contributed by atoms with Crippen LogP contribution in [0.25, 0.3) is 0 Å². The molecule has 2 nitrogen and oxygen atoms in total. The number of hydrogen-bond acceptors (Lipinski definition) is 3. The molecule has 4 unspecified atom stereocenters. The van der Waals surface area contributed by atoms with E-state index in [9.17, 15) is 0 Å². The second kappa shape index (κ2) is 7.90. The predicted molar refractivity (Wildman–Crippen MR) is 87.0 cm³/mol. The largest absolute Gasteiger partial charge is 0.314 e. The summed E-state index contributed by atoms with van der Waals surface area (Å²) in [7, 11) is 0. The van der Waals surface area contributed by atoms with Gasteiger partial charge in [0.15, 0.2) is 0 Å². The average Bonchev–Trinajstić information content (AvgIpc) is 2.44. The fraction of sp³-hybridized carbons (Fsp3) is 1.00. The van der Waals surface area contributed by atoms with Crippen molar-refractivity contribution in [3.63, 3.8) is 0 Å². The minimum absolute atomic E-state index is 0.741. The van der Waals surface area contributed by atoms with E-state index in [0.29, 0.717) is 0 Å². The van der Waals surface area contributed by atoms with Crippen LogP contribution in [0.3, 0.4) is 0 Å². The molecule has 0 aromatic carbocycles. The summed E-state index contributed by atoms with van der Waals surface area (Å²) in [5.74, 6) is 2.18. The summed E-state index contributed by atoms with van der Waals surface area (Å²) in [6.07, 6.45) is 6.93. The molecule has 0 spiro atoms. The maximum atomic E-state index is 3.74. The van der Waals surface area contributed by atoms with Crippen molar-refractivity contribution in [3.8, 4) is 0 Å². The van der Waals surface area contributed by atoms with Gasteiger partial charge in [-0.15, -0.1) is 0 Å². The summed E-state index contributed by atoms with van der Waals surface area (Å²) in [5.41, 5.74) is 0. The van der Waals surface area contributed by atoms with Gasteiger partial charge >= 0.3 is 0 Å². The lowest BCUT2D eigenvalue weighted by molar-refractivity contribution is 0.0845. The first-order valence-corrected chi connectivity index (χ1v) is 9.36. The van der Waals surface area contributed by atoms with Gasteiger partial charge in [0.25, 0.3) is 0 Å². The molecular weight excluding hydrogens is 252 g/mol. The molecule has 2 saturated heterocycles. The van der Waals surface area contributed by atoms with Crippen molar-refractivity contribution < 1.29 is 0 Å². The molecule has 0 saturated carbocycles. The van der Waals surface area contributed by atoms with Crippen molar-refractivity contribution in [2.24, 2.45) is 5.92 Å². The number of rotatable bonds is 5. The third-order valence-corrected chi connectivity index (χ3v) is 6.45. The van der Waals surface area contributed by atoms with E-state index in [4.69, 9.17) is 0 Å². The monoisotopic (exact) mass is 284 g/mol. The van der Waals surface area contributed by atoms with Crippen molar-refractivity contribution in [2.75, 3.05) is 25.4 Å². The minimum atomic E-state index is 0.741. The highest BCUT2D eigenvalue weighted by molar-refractivity contribution is 7.99. The molecule has 19 heavy (non-hydrogen) atoms. The third kappa shape index (κ3) is 4.37. The maximum absolute atomic E-state index is 3.74. The van der Waals surface area contributed by atoms with Crippen LogP contribution in [-0.2, 0) is 0 Å². The number of hydrogen-bond donors (Lipinski definition) is 1. The van der Waals surface area contributed by atoms with E-state index in [-0.39, 0.29) is 0 Å². The van der Waals surface area contributed by atoms with Crippen LogP contribution < -0.4 is 5.32 Å². The van der Waals surface area contributed by atoms with Gasteiger partial charge in [0, 0.05) is 23.9 Å². The molecule has 2 aliphatic rings. The van der Waals surface area contributed by atoms with Crippen LogP contribution in [0, 0.1) is 5.92 Å². The molecule has 3 heteroatoms. The van der Waals surface area contributed by atoms with E-state index in [1.165, 1.54) is 57.5 Å². The van der Waals surface area contributed by atoms with Crippen LogP contribution in [0.5, 0.6) is 0 Å². The first kappa shape index (κ1) is 15.7. The Morgan fingerprint density at radius 3 is 2.74 bits per heavy atom. The molecule has 112 valence electrons. The highest BCUT2D eigenvalue weighted by Crippen LogP contribution is 2.29.